The van der Waals surface area contributed by atoms with Gasteiger partial charge in [0.05, 0.1) is 18.0 Å². The lowest BCUT2D eigenvalue weighted by Crippen LogP contribution is -2.31. The fourth-order valence-electron chi connectivity index (χ4n) is 4.22. The Balaban J connectivity index is 1.50. The summed E-state index contributed by atoms with van der Waals surface area (Å²) < 4.78 is 33.2. The number of hydrogen-bond donors (Lipinski definition) is 4. The summed E-state index contributed by atoms with van der Waals surface area (Å²) in [6.07, 6.45) is 6.95. The molecule has 4 N–H and O–H groups in total. The Kier molecular flexibility index (Phi) is 9.43. The van der Waals surface area contributed by atoms with E-state index in [1.165, 1.54) is 4.68 Å². The molecule has 0 radical (unpaired) electrons. The van der Waals surface area contributed by atoms with Gasteiger partial charge < -0.3 is 29.9 Å². The number of carbonyl (C=O) groups excluding carboxylic acids is 1. The number of hydrogen-bond acceptors (Lipinski definition) is 10. The van der Waals surface area contributed by atoms with Crippen LogP contribution in [0.3, 0.4) is 0 Å². The van der Waals surface area contributed by atoms with Crippen LogP contribution in [-0.4, -0.2) is 66.2 Å². The minimum absolute atomic E-state index is 0.107. The molecule has 4 rings (SSSR count). The monoisotopic (exact) mass is 549 g/mol. The van der Waals surface area contributed by atoms with Crippen molar-refractivity contribution in [2.24, 2.45) is 0 Å². The Bertz CT molecular complexity index is 1280. The van der Waals surface area contributed by atoms with Crippen molar-refractivity contribution in [3.05, 3.63) is 35.9 Å². The second-order valence-electron chi connectivity index (χ2n) is 8.63. The zero-order valence-electron chi connectivity index (χ0n) is 20.7. The number of nitrogens with one attached hydrogen (secondary N) is 2. The van der Waals surface area contributed by atoms with E-state index in [1.54, 1.807) is 30.1 Å². The summed E-state index contributed by atoms with van der Waals surface area (Å²) in [5.41, 5.74) is 1.91. The van der Waals surface area contributed by atoms with Gasteiger partial charge in [0.2, 0.25) is 0 Å². The number of amides is 1. The van der Waals surface area contributed by atoms with Gasteiger partial charge in [-0.2, -0.15) is 10.2 Å². The lowest BCUT2D eigenvalue weighted by Gasteiger charge is -2.14. The highest BCUT2D eigenvalue weighted by Gasteiger charge is 2.39. The molecule has 0 bridgehead atoms. The quantitative estimate of drug-likeness (QED) is 0.150. The smallest absolute Gasteiger partial charge is 0.407 e. The van der Waals surface area contributed by atoms with E-state index in [-0.39, 0.29) is 25.5 Å². The third-order valence-electron chi connectivity index (χ3n) is 5.95. The Morgan fingerprint density at radius 1 is 1.34 bits per heavy atom. The summed E-state index contributed by atoms with van der Waals surface area (Å²) in [6, 6.07) is 3.53. The molecule has 1 fully saturated rings. The SMILES string of the molecule is C#CCCCNC(=O)OC1CC(c2cc(Nc3nccn4nc(COC)cc34)n(COP(O)O)n2)CC1F. The molecule has 38 heavy (non-hydrogen) atoms. The first-order valence-electron chi connectivity index (χ1n) is 11.9. The van der Waals surface area contributed by atoms with Crippen molar-refractivity contribution in [1.29, 1.82) is 0 Å². The summed E-state index contributed by atoms with van der Waals surface area (Å²) in [5.74, 6) is 3.03. The molecule has 15 heteroatoms. The molecule has 1 aliphatic carbocycles. The number of terminal acetylenes is 1. The topological polar surface area (TPSA) is 157 Å². The number of alkyl halides is 1. The average molecular weight is 550 g/mol. The normalized spacial score (nSPS) is 19.1. The summed E-state index contributed by atoms with van der Waals surface area (Å²) in [4.78, 5) is 34.9. The zero-order valence-corrected chi connectivity index (χ0v) is 21.6. The van der Waals surface area contributed by atoms with Crippen LogP contribution >= 0.6 is 8.60 Å². The first-order chi connectivity index (χ1) is 18.4. The highest BCUT2D eigenvalue weighted by molar-refractivity contribution is 7.39. The maximum Gasteiger partial charge on any atom is 0.407 e. The van der Waals surface area contributed by atoms with Crippen LogP contribution in [0.15, 0.2) is 24.5 Å². The maximum atomic E-state index is 14.8. The molecule has 3 aromatic heterocycles. The van der Waals surface area contributed by atoms with E-state index in [0.717, 1.165) is 0 Å². The molecule has 204 valence electrons. The first kappa shape index (κ1) is 27.7. The number of ether oxygens (including phenoxy) is 2. The number of anilines is 2. The Labute approximate surface area is 219 Å². The molecule has 1 saturated carbocycles. The number of aromatic nitrogens is 5. The van der Waals surface area contributed by atoms with Crippen molar-refractivity contribution >= 4 is 31.8 Å². The van der Waals surface area contributed by atoms with E-state index in [2.05, 4.69) is 31.7 Å². The summed E-state index contributed by atoms with van der Waals surface area (Å²) in [6.45, 7) is 0.398. The standard InChI is InChI=1S/C23H29FN7O6P/c1-3-4-5-6-26-23(32)37-20-10-15(9-17(20)24)18-12-21(31(29-18)14-36-38(33)34)27-22-19-11-16(13-35-2)28-30(19)8-7-25-22/h1,7-8,11-12,15,17,20,33-34H,4-6,9-10,13-14H2,2H3,(H,25,27)(H,26,32). The van der Waals surface area contributed by atoms with Gasteiger partial charge >= 0.3 is 14.7 Å². The minimum Gasteiger partial charge on any atom is -0.443 e. The van der Waals surface area contributed by atoms with Gasteiger partial charge in [0.1, 0.15) is 30.3 Å². The molecule has 1 amide bonds. The van der Waals surface area contributed by atoms with Gasteiger partial charge in [-0.15, -0.1) is 12.3 Å². The number of unbranched alkanes of at least 4 members (excludes halogenated alkanes) is 1. The number of nitrogens with zero attached hydrogens (tertiary/aromatic N) is 5. The Morgan fingerprint density at radius 2 is 2.18 bits per heavy atom. The van der Waals surface area contributed by atoms with Crippen LogP contribution in [0.25, 0.3) is 5.52 Å². The molecule has 3 aromatic rings. The Morgan fingerprint density at radius 3 is 2.95 bits per heavy atom. The van der Waals surface area contributed by atoms with E-state index >= 15 is 0 Å². The van der Waals surface area contributed by atoms with E-state index in [9.17, 15) is 19.0 Å². The number of halogens is 1. The van der Waals surface area contributed by atoms with Crippen LogP contribution < -0.4 is 10.6 Å². The van der Waals surface area contributed by atoms with Crippen LogP contribution in [0, 0.1) is 12.3 Å². The molecule has 3 heterocycles. The van der Waals surface area contributed by atoms with Crippen LogP contribution in [0.1, 0.15) is 43.0 Å². The highest BCUT2D eigenvalue weighted by Crippen LogP contribution is 2.39. The molecular weight excluding hydrogens is 520 g/mol. The molecule has 0 aliphatic heterocycles. The molecule has 0 saturated heterocycles. The van der Waals surface area contributed by atoms with E-state index in [0.29, 0.717) is 54.5 Å². The lowest BCUT2D eigenvalue weighted by molar-refractivity contribution is 0.0607. The predicted molar refractivity (Wildman–Crippen MR) is 135 cm³/mol. The third-order valence-corrected chi connectivity index (χ3v) is 6.29. The maximum absolute atomic E-state index is 14.8. The van der Waals surface area contributed by atoms with Crippen molar-refractivity contribution in [2.75, 3.05) is 19.0 Å². The molecule has 1 aliphatic rings. The van der Waals surface area contributed by atoms with Gasteiger partial charge in [0, 0.05) is 44.5 Å². The van der Waals surface area contributed by atoms with Crippen LogP contribution in [-0.2, 0) is 27.3 Å². The van der Waals surface area contributed by atoms with E-state index in [4.69, 9.17) is 20.4 Å². The van der Waals surface area contributed by atoms with Gasteiger partial charge in [-0.05, 0) is 25.3 Å². The average Bonchev–Trinajstić information content (AvgIpc) is 3.58. The second-order valence-corrected chi connectivity index (χ2v) is 9.39. The van der Waals surface area contributed by atoms with Crippen molar-refractivity contribution < 1.29 is 33.0 Å². The third kappa shape index (κ3) is 6.94. The van der Waals surface area contributed by atoms with Gasteiger partial charge in [-0.1, -0.05) is 0 Å². The Hall–Kier alpha value is -3.34. The summed E-state index contributed by atoms with van der Waals surface area (Å²) in [7, 11) is -1.05. The lowest BCUT2D eigenvalue weighted by atomic mass is 10.0. The molecule has 3 unspecified atom stereocenters. The second kappa shape index (κ2) is 12.9. The van der Waals surface area contributed by atoms with Gasteiger partial charge in [0.15, 0.2) is 5.82 Å². The zero-order chi connectivity index (χ0) is 27.1. The highest BCUT2D eigenvalue weighted by atomic mass is 31.2. The summed E-state index contributed by atoms with van der Waals surface area (Å²) >= 11 is 0. The van der Waals surface area contributed by atoms with Gasteiger partial charge in [-0.3, -0.25) is 4.52 Å². The predicted octanol–water partition coefficient (Wildman–Crippen LogP) is 2.73. The fraction of sp³-hybridized carbons (Fsp3) is 0.478. The molecular formula is C23H29FN7O6P. The number of rotatable bonds is 12. The van der Waals surface area contributed by atoms with Gasteiger partial charge in [0.25, 0.3) is 0 Å². The van der Waals surface area contributed by atoms with E-state index in [1.807, 2.05) is 6.07 Å². The molecule has 0 aromatic carbocycles. The molecule has 13 nitrogen and oxygen atoms in total. The van der Waals surface area contributed by atoms with E-state index < -0.39 is 27.0 Å². The minimum atomic E-state index is -2.63. The van der Waals surface area contributed by atoms with Crippen LogP contribution in [0.5, 0.6) is 0 Å². The number of carbonyl (C=O) groups is 1. The largest absolute Gasteiger partial charge is 0.443 e. The van der Waals surface area contributed by atoms with Crippen molar-refractivity contribution in [1.82, 2.24) is 29.7 Å². The van der Waals surface area contributed by atoms with Crippen molar-refractivity contribution in [3.63, 3.8) is 0 Å². The van der Waals surface area contributed by atoms with Crippen LogP contribution in [0.4, 0.5) is 20.8 Å². The van der Waals surface area contributed by atoms with Crippen molar-refractivity contribution in [3.8, 4) is 12.3 Å². The molecule has 3 atom stereocenters. The number of alkyl carbamates (subject to hydrolysis) is 1. The van der Waals surface area contributed by atoms with Gasteiger partial charge in [-0.25, -0.2) is 23.4 Å². The van der Waals surface area contributed by atoms with Crippen LogP contribution in [0.2, 0.25) is 0 Å². The fourth-order valence-corrected chi connectivity index (χ4v) is 4.43. The number of methoxy groups -OCH3 is 1. The number of fused-ring (bicyclic) bond motifs is 1. The summed E-state index contributed by atoms with van der Waals surface area (Å²) in [5, 5.41) is 14.7. The first-order valence-corrected chi connectivity index (χ1v) is 13.0. The van der Waals surface area contributed by atoms with Crippen molar-refractivity contribution in [2.45, 2.75) is 57.2 Å². The molecule has 0 spiro atoms.